The van der Waals surface area contributed by atoms with Crippen molar-refractivity contribution in [3.05, 3.63) is 285 Å². The van der Waals surface area contributed by atoms with Gasteiger partial charge in [0.25, 0.3) is 0 Å². The van der Waals surface area contributed by atoms with E-state index in [9.17, 15) is 0 Å². The molecule has 14 rings (SSSR count). The highest BCUT2D eigenvalue weighted by Crippen LogP contribution is 2.48. The van der Waals surface area contributed by atoms with E-state index in [0.717, 1.165) is 61.3 Å². The van der Waals surface area contributed by atoms with E-state index in [1.807, 2.05) is 0 Å². The molecule has 0 radical (unpaired) electrons. The van der Waals surface area contributed by atoms with Crippen molar-refractivity contribution in [3.63, 3.8) is 0 Å². The summed E-state index contributed by atoms with van der Waals surface area (Å²) >= 11 is 0. The minimum atomic E-state index is 0.856. The Morgan fingerprint density at radius 1 is 0.243 bits per heavy atom. The topological polar surface area (TPSA) is 16.4 Å². The van der Waals surface area contributed by atoms with Crippen LogP contribution in [0.3, 0.4) is 0 Å². The molecule has 346 valence electrons. The molecule has 1 aromatic heterocycles. The van der Waals surface area contributed by atoms with Gasteiger partial charge in [-0.2, -0.15) is 0 Å². The van der Waals surface area contributed by atoms with Crippen LogP contribution in [0.25, 0.3) is 121 Å². The molecule has 2 nitrogen and oxygen atoms in total. The van der Waals surface area contributed by atoms with Gasteiger partial charge < -0.3 is 9.32 Å². The molecule has 0 unspecified atom stereocenters. The third-order valence-corrected chi connectivity index (χ3v) is 14.9. The minimum absolute atomic E-state index is 0.856. The van der Waals surface area contributed by atoms with Crippen molar-refractivity contribution in [1.82, 2.24) is 0 Å². The molecule has 0 fully saturated rings. The second-order valence-corrected chi connectivity index (χ2v) is 19.2. The number of hydrogen-bond donors (Lipinski definition) is 0. The summed E-state index contributed by atoms with van der Waals surface area (Å²) in [5.41, 5.74) is 18.9. The standard InChI is InChI=1S/C72H47NO/c1-3-18-53-46-57(33-31-48(53)15-1)56-22-13-21-55(45-56)50-35-39-59(40-36-50)73(69-44-43-67(66-29-14-20-51-17-5-6-23-61(51)66)72-71(69)68-28-11-12-30-70(68)74-72)60-41-37-52(38-42-60)62-24-7-9-26-64(62)65-27-10-8-25-63(65)58-34-32-49-16-2-4-19-54(49)47-58/h1-47H. The van der Waals surface area contributed by atoms with E-state index in [1.165, 1.54) is 76.8 Å². The summed E-state index contributed by atoms with van der Waals surface area (Å²) in [6, 6.07) is 103. The maximum Gasteiger partial charge on any atom is 0.145 e. The third kappa shape index (κ3) is 7.60. The molecule has 1 heterocycles. The first-order valence-electron chi connectivity index (χ1n) is 25.4. The highest BCUT2D eigenvalue weighted by molar-refractivity contribution is 6.18. The van der Waals surface area contributed by atoms with Crippen molar-refractivity contribution in [3.8, 4) is 66.8 Å². The Kier molecular flexibility index (Phi) is 10.6. The zero-order valence-corrected chi connectivity index (χ0v) is 40.5. The van der Waals surface area contributed by atoms with Crippen molar-refractivity contribution in [2.24, 2.45) is 0 Å². The Bertz CT molecular complexity index is 4420. The lowest BCUT2D eigenvalue weighted by atomic mass is 9.89. The van der Waals surface area contributed by atoms with Gasteiger partial charge in [-0.3, -0.25) is 0 Å². The van der Waals surface area contributed by atoms with E-state index in [0.29, 0.717) is 0 Å². The van der Waals surface area contributed by atoms with Gasteiger partial charge in [0.1, 0.15) is 11.2 Å². The number of para-hydroxylation sites is 1. The number of hydrogen-bond acceptors (Lipinski definition) is 2. The lowest BCUT2D eigenvalue weighted by Gasteiger charge is -2.27. The molecule has 74 heavy (non-hydrogen) atoms. The SMILES string of the molecule is c1cc(-c2ccc(N(c3ccc(-c4ccccc4-c4ccccc4-c4ccc5ccccc5c4)cc3)c3ccc(-c4cccc5ccccc45)c4oc5ccccc5c34)cc2)cc(-c2ccc3ccccc3c2)c1. The van der Waals surface area contributed by atoms with Gasteiger partial charge in [-0.15, -0.1) is 0 Å². The largest absolute Gasteiger partial charge is 0.455 e. The number of benzene rings is 13. The van der Waals surface area contributed by atoms with Crippen LogP contribution in [0.5, 0.6) is 0 Å². The summed E-state index contributed by atoms with van der Waals surface area (Å²) in [6.45, 7) is 0. The van der Waals surface area contributed by atoms with Gasteiger partial charge in [0, 0.05) is 22.3 Å². The first-order valence-corrected chi connectivity index (χ1v) is 25.4. The third-order valence-electron chi connectivity index (χ3n) is 14.9. The first-order chi connectivity index (χ1) is 36.7. The molecule has 0 bridgehead atoms. The molecular formula is C72H47NO. The van der Waals surface area contributed by atoms with Crippen LogP contribution in [0, 0.1) is 0 Å². The molecule has 0 atom stereocenters. The Labute approximate surface area is 430 Å². The smallest absolute Gasteiger partial charge is 0.145 e. The summed E-state index contributed by atoms with van der Waals surface area (Å²) in [7, 11) is 0. The summed E-state index contributed by atoms with van der Waals surface area (Å²) in [5.74, 6) is 0. The molecule has 0 aliphatic carbocycles. The lowest BCUT2D eigenvalue weighted by Crippen LogP contribution is -2.10. The fourth-order valence-corrected chi connectivity index (χ4v) is 11.2. The van der Waals surface area contributed by atoms with E-state index >= 15 is 0 Å². The van der Waals surface area contributed by atoms with Gasteiger partial charge >= 0.3 is 0 Å². The lowest BCUT2D eigenvalue weighted by molar-refractivity contribution is 0.670. The molecule has 14 aromatic rings. The van der Waals surface area contributed by atoms with Crippen molar-refractivity contribution < 1.29 is 4.42 Å². The summed E-state index contributed by atoms with van der Waals surface area (Å²) in [6.07, 6.45) is 0. The van der Waals surface area contributed by atoms with Gasteiger partial charge in [-0.1, -0.05) is 224 Å². The molecule has 0 N–H and O–H groups in total. The highest BCUT2D eigenvalue weighted by atomic mass is 16.3. The molecular weight excluding hydrogens is 895 g/mol. The molecule has 0 aliphatic rings. The second kappa shape index (κ2) is 18.1. The van der Waals surface area contributed by atoms with E-state index in [-0.39, 0.29) is 0 Å². The van der Waals surface area contributed by atoms with E-state index in [1.54, 1.807) is 0 Å². The van der Waals surface area contributed by atoms with E-state index in [2.05, 4.69) is 290 Å². The van der Waals surface area contributed by atoms with Crippen LogP contribution in [0.4, 0.5) is 17.1 Å². The minimum Gasteiger partial charge on any atom is -0.455 e. The number of nitrogens with zero attached hydrogens (tertiary/aromatic N) is 1. The molecule has 0 aliphatic heterocycles. The van der Waals surface area contributed by atoms with Crippen LogP contribution in [0.2, 0.25) is 0 Å². The van der Waals surface area contributed by atoms with Crippen LogP contribution in [-0.4, -0.2) is 0 Å². The summed E-state index contributed by atoms with van der Waals surface area (Å²) < 4.78 is 6.97. The van der Waals surface area contributed by atoms with Crippen molar-refractivity contribution >= 4 is 71.3 Å². The van der Waals surface area contributed by atoms with Gasteiger partial charge in [-0.25, -0.2) is 0 Å². The maximum atomic E-state index is 6.97. The predicted molar refractivity (Wildman–Crippen MR) is 314 cm³/mol. The second-order valence-electron chi connectivity index (χ2n) is 19.2. The first kappa shape index (κ1) is 43.1. The van der Waals surface area contributed by atoms with Gasteiger partial charge in [0.15, 0.2) is 0 Å². The quantitative estimate of drug-likeness (QED) is 0.143. The zero-order chi connectivity index (χ0) is 49.0. The molecule has 0 spiro atoms. The Hall–Kier alpha value is -9.76. The van der Waals surface area contributed by atoms with E-state index in [4.69, 9.17) is 4.42 Å². The molecule has 0 amide bonds. The van der Waals surface area contributed by atoms with Crippen LogP contribution in [0.1, 0.15) is 0 Å². The van der Waals surface area contributed by atoms with Crippen molar-refractivity contribution in [2.75, 3.05) is 4.90 Å². The van der Waals surface area contributed by atoms with Crippen LogP contribution >= 0.6 is 0 Å². The average molecular weight is 942 g/mol. The molecule has 2 heteroatoms. The Balaban J connectivity index is 0.904. The van der Waals surface area contributed by atoms with Crippen LogP contribution < -0.4 is 4.90 Å². The van der Waals surface area contributed by atoms with E-state index < -0.39 is 0 Å². The highest BCUT2D eigenvalue weighted by Gasteiger charge is 2.23. The molecule has 0 saturated heterocycles. The fraction of sp³-hybridized carbons (Fsp3) is 0. The summed E-state index contributed by atoms with van der Waals surface area (Å²) in [4.78, 5) is 2.40. The predicted octanol–water partition coefficient (Wildman–Crippen LogP) is 20.5. The zero-order valence-electron chi connectivity index (χ0n) is 40.5. The number of fused-ring (bicyclic) bond motifs is 6. The maximum absolute atomic E-state index is 6.97. The van der Waals surface area contributed by atoms with Crippen molar-refractivity contribution in [2.45, 2.75) is 0 Å². The fourth-order valence-electron chi connectivity index (χ4n) is 11.2. The van der Waals surface area contributed by atoms with Gasteiger partial charge in [0.05, 0.1) is 11.1 Å². The Morgan fingerprint density at radius 3 is 1.39 bits per heavy atom. The van der Waals surface area contributed by atoms with Crippen LogP contribution in [0.15, 0.2) is 290 Å². The van der Waals surface area contributed by atoms with Gasteiger partial charge in [-0.05, 0) is 154 Å². The number of rotatable bonds is 9. The number of anilines is 3. The van der Waals surface area contributed by atoms with Crippen molar-refractivity contribution in [1.29, 1.82) is 0 Å². The van der Waals surface area contributed by atoms with Gasteiger partial charge in [0.2, 0.25) is 0 Å². The molecule has 0 saturated carbocycles. The van der Waals surface area contributed by atoms with Crippen LogP contribution in [-0.2, 0) is 0 Å². The normalized spacial score (nSPS) is 11.5. The monoisotopic (exact) mass is 941 g/mol. The number of furan rings is 1. The average Bonchev–Trinajstić information content (AvgIpc) is 3.88. The summed E-state index contributed by atoms with van der Waals surface area (Å²) in [5, 5.41) is 9.49. The Morgan fingerprint density at radius 2 is 0.703 bits per heavy atom. The molecule has 13 aromatic carbocycles.